The fourth-order valence-electron chi connectivity index (χ4n) is 4.52. The number of amides is 3. The minimum absolute atomic E-state index is 0.0178. The molecule has 1 fully saturated rings. The zero-order valence-corrected chi connectivity index (χ0v) is 21.1. The van der Waals surface area contributed by atoms with Crippen molar-refractivity contribution in [2.24, 2.45) is 0 Å². The molecule has 1 atom stereocenters. The molecule has 0 bridgehead atoms. The minimum Gasteiger partial charge on any atom is -0.376 e. The lowest BCUT2D eigenvalue weighted by atomic mass is 9.95. The van der Waals surface area contributed by atoms with E-state index < -0.39 is 0 Å². The van der Waals surface area contributed by atoms with Gasteiger partial charge < -0.3 is 21.3 Å². The Morgan fingerprint density at radius 2 is 1.43 bits per heavy atom. The summed E-state index contributed by atoms with van der Waals surface area (Å²) in [6, 6.07) is 23.9. The number of rotatable bonds is 9. The molecule has 3 aromatic carbocycles. The van der Waals surface area contributed by atoms with Gasteiger partial charge in [-0.25, -0.2) is 0 Å². The molecule has 192 valence electrons. The lowest BCUT2D eigenvalue weighted by Gasteiger charge is -2.22. The molecule has 7 nitrogen and oxygen atoms in total. The fraction of sp³-hybridized carbons (Fsp3) is 0.300. The first kappa shape index (κ1) is 25.9. The molecule has 3 amide bonds. The van der Waals surface area contributed by atoms with Crippen LogP contribution < -0.4 is 21.3 Å². The third-order valence-electron chi connectivity index (χ3n) is 6.57. The van der Waals surface area contributed by atoms with Crippen LogP contribution in [0.4, 0.5) is 11.4 Å². The van der Waals surface area contributed by atoms with E-state index in [4.69, 9.17) is 0 Å². The van der Waals surface area contributed by atoms with Crippen LogP contribution in [0.5, 0.6) is 0 Å². The van der Waals surface area contributed by atoms with Crippen molar-refractivity contribution >= 4 is 29.1 Å². The number of carbonyl (C=O) groups excluding carboxylic acids is 3. The lowest BCUT2D eigenvalue weighted by Crippen LogP contribution is -2.36. The second-order valence-corrected chi connectivity index (χ2v) is 9.48. The van der Waals surface area contributed by atoms with Crippen LogP contribution in [0.25, 0.3) is 0 Å². The number of anilines is 2. The van der Waals surface area contributed by atoms with Crippen molar-refractivity contribution in [2.45, 2.75) is 51.1 Å². The summed E-state index contributed by atoms with van der Waals surface area (Å²) < 4.78 is 0. The van der Waals surface area contributed by atoms with Gasteiger partial charge in [0.05, 0.1) is 12.6 Å². The first-order valence-electron chi connectivity index (χ1n) is 12.9. The Kier molecular flexibility index (Phi) is 8.92. The zero-order valence-electron chi connectivity index (χ0n) is 21.1. The van der Waals surface area contributed by atoms with Crippen LogP contribution in [-0.2, 0) is 4.79 Å². The molecule has 1 aliphatic rings. The Bertz CT molecular complexity index is 1220. The van der Waals surface area contributed by atoms with Gasteiger partial charge in [0.1, 0.15) is 0 Å². The summed E-state index contributed by atoms with van der Waals surface area (Å²) in [5.74, 6) is -0.553. The van der Waals surface area contributed by atoms with Gasteiger partial charge in [0.25, 0.3) is 11.8 Å². The molecule has 0 aromatic heterocycles. The highest BCUT2D eigenvalue weighted by molar-refractivity contribution is 5.98. The van der Waals surface area contributed by atoms with Crippen LogP contribution in [-0.4, -0.2) is 30.3 Å². The molecule has 4 N–H and O–H groups in total. The van der Waals surface area contributed by atoms with Crippen LogP contribution in [0.2, 0.25) is 0 Å². The average molecular weight is 499 g/mol. The van der Waals surface area contributed by atoms with Crippen molar-refractivity contribution < 1.29 is 14.4 Å². The first-order chi connectivity index (χ1) is 18.0. The molecule has 4 rings (SSSR count). The fourth-order valence-corrected chi connectivity index (χ4v) is 4.52. The predicted octanol–water partition coefficient (Wildman–Crippen LogP) is 5.29. The standard InChI is InChI=1S/C30H34N4O3/c1-21(22-10-4-2-5-11-22)32-29(36)23-12-8-16-26(18-23)31-20-28(35)33-27-17-9-13-24(19-27)30(37)34-25-14-6-3-7-15-25/h2,4-5,8-13,16-19,21,25,31H,3,6-7,14-15,20H2,1H3,(H,32,36)(H,33,35)(H,34,37). The second-order valence-electron chi connectivity index (χ2n) is 9.48. The summed E-state index contributed by atoms with van der Waals surface area (Å²) in [5.41, 5.74) is 3.28. The van der Waals surface area contributed by atoms with E-state index in [9.17, 15) is 14.4 Å². The summed E-state index contributed by atoms with van der Waals surface area (Å²) in [6.07, 6.45) is 5.56. The third kappa shape index (κ3) is 7.67. The average Bonchev–Trinajstić information content (AvgIpc) is 2.93. The third-order valence-corrected chi connectivity index (χ3v) is 6.57. The van der Waals surface area contributed by atoms with E-state index in [1.807, 2.05) is 37.3 Å². The topological polar surface area (TPSA) is 99.3 Å². The number of benzene rings is 3. The number of nitrogens with one attached hydrogen (secondary N) is 4. The molecule has 0 radical (unpaired) electrons. The lowest BCUT2D eigenvalue weighted by molar-refractivity contribution is -0.114. The van der Waals surface area contributed by atoms with Gasteiger partial charge in [-0.1, -0.05) is 61.7 Å². The predicted molar refractivity (Wildman–Crippen MR) is 147 cm³/mol. The molecular formula is C30H34N4O3. The van der Waals surface area contributed by atoms with E-state index in [-0.39, 0.29) is 36.3 Å². The van der Waals surface area contributed by atoms with Crippen LogP contribution in [0.3, 0.4) is 0 Å². The monoisotopic (exact) mass is 498 g/mol. The summed E-state index contributed by atoms with van der Waals surface area (Å²) in [7, 11) is 0. The summed E-state index contributed by atoms with van der Waals surface area (Å²) in [4.78, 5) is 37.9. The summed E-state index contributed by atoms with van der Waals surface area (Å²) in [6.45, 7) is 1.96. The van der Waals surface area contributed by atoms with Crippen LogP contribution in [0.1, 0.15) is 71.3 Å². The molecule has 1 unspecified atom stereocenters. The van der Waals surface area contributed by atoms with Gasteiger partial charge in [-0.05, 0) is 61.7 Å². The molecule has 37 heavy (non-hydrogen) atoms. The van der Waals surface area contributed by atoms with E-state index in [1.165, 1.54) is 6.42 Å². The Labute approximate surface area is 218 Å². The Hall–Kier alpha value is -4.13. The number of hydrogen-bond donors (Lipinski definition) is 4. The Morgan fingerprint density at radius 3 is 2.16 bits per heavy atom. The highest BCUT2D eigenvalue weighted by Gasteiger charge is 2.17. The smallest absolute Gasteiger partial charge is 0.251 e. The molecule has 0 saturated heterocycles. The summed E-state index contributed by atoms with van der Waals surface area (Å²) in [5, 5.41) is 12.0. The molecule has 1 aliphatic carbocycles. The molecule has 0 heterocycles. The maximum Gasteiger partial charge on any atom is 0.251 e. The zero-order chi connectivity index (χ0) is 26.0. The van der Waals surface area contributed by atoms with Gasteiger partial charge in [-0.2, -0.15) is 0 Å². The Morgan fingerprint density at radius 1 is 0.784 bits per heavy atom. The van der Waals surface area contributed by atoms with Gasteiger partial charge in [-0.3, -0.25) is 14.4 Å². The van der Waals surface area contributed by atoms with Gasteiger partial charge in [0.15, 0.2) is 0 Å². The number of carbonyl (C=O) groups is 3. The van der Waals surface area contributed by atoms with Crippen molar-refractivity contribution in [1.82, 2.24) is 10.6 Å². The quantitative estimate of drug-likeness (QED) is 0.322. The maximum absolute atomic E-state index is 12.7. The molecular weight excluding hydrogens is 464 g/mol. The van der Waals surface area contributed by atoms with Crippen LogP contribution >= 0.6 is 0 Å². The van der Waals surface area contributed by atoms with E-state index in [0.29, 0.717) is 22.5 Å². The SMILES string of the molecule is CC(NC(=O)c1cccc(NCC(=O)Nc2cccc(C(=O)NC3CCCCC3)c2)c1)c1ccccc1. The van der Waals surface area contributed by atoms with Gasteiger partial charge in [0.2, 0.25) is 5.91 Å². The van der Waals surface area contributed by atoms with E-state index >= 15 is 0 Å². The van der Waals surface area contributed by atoms with Crippen molar-refractivity contribution in [1.29, 1.82) is 0 Å². The van der Waals surface area contributed by atoms with Crippen LogP contribution in [0.15, 0.2) is 78.9 Å². The van der Waals surface area contributed by atoms with Crippen molar-refractivity contribution in [2.75, 3.05) is 17.2 Å². The molecule has 0 aliphatic heterocycles. The first-order valence-corrected chi connectivity index (χ1v) is 12.9. The second kappa shape index (κ2) is 12.7. The molecule has 0 spiro atoms. The summed E-state index contributed by atoms with van der Waals surface area (Å²) >= 11 is 0. The molecule has 3 aromatic rings. The van der Waals surface area contributed by atoms with Gasteiger partial charge in [0, 0.05) is 28.5 Å². The molecule has 1 saturated carbocycles. The van der Waals surface area contributed by atoms with Gasteiger partial charge in [-0.15, -0.1) is 0 Å². The highest BCUT2D eigenvalue weighted by Crippen LogP contribution is 2.19. The van der Waals surface area contributed by atoms with Crippen molar-refractivity contribution in [3.63, 3.8) is 0 Å². The van der Waals surface area contributed by atoms with E-state index in [1.54, 1.807) is 48.5 Å². The maximum atomic E-state index is 12.7. The van der Waals surface area contributed by atoms with Crippen molar-refractivity contribution in [3.8, 4) is 0 Å². The minimum atomic E-state index is -0.252. The van der Waals surface area contributed by atoms with Crippen molar-refractivity contribution in [3.05, 3.63) is 95.6 Å². The Balaban J connectivity index is 1.28. The number of hydrogen-bond acceptors (Lipinski definition) is 4. The van der Waals surface area contributed by atoms with E-state index in [2.05, 4.69) is 21.3 Å². The molecule has 7 heteroatoms. The largest absolute Gasteiger partial charge is 0.376 e. The van der Waals surface area contributed by atoms with E-state index in [0.717, 1.165) is 31.2 Å². The van der Waals surface area contributed by atoms with Crippen LogP contribution in [0, 0.1) is 0 Å². The van der Waals surface area contributed by atoms with Gasteiger partial charge >= 0.3 is 0 Å². The highest BCUT2D eigenvalue weighted by atomic mass is 16.2. The normalized spacial score (nSPS) is 14.3.